The average Bonchev–Trinajstić information content (AvgIpc) is 2.99. The van der Waals surface area contributed by atoms with Gasteiger partial charge in [-0.05, 0) is 96.4 Å². The Kier molecular flexibility index (Phi) is 4.75. The van der Waals surface area contributed by atoms with E-state index in [0.717, 1.165) is 35.6 Å². The number of fused-ring (bicyclic) bond motifs is 5. The van der Waals surface area contributed by atoms with Crippen molar-refractivity contribution in [1.82, 2.24) is 0 Å². The van der Waals surface area contributed by atoms with Gasteiger partial charge in [0.1, 0.15) is 5.75 Å². The van der Waals surface area contributed by atoms with E-state index in [2.05, 4.69) is 31.2 Å². The molecule has 0 saturated heterocycles. The highest BCUT2D eigenvalue weighted by Gasteiger charge is 2.56. The van der Waals surface area contributed by atoms with Crippen molar-refractivity contribution in [1.29, 1.82) is 0 Å². The van der Waals surface area contributed by atoms with Crippen molar-refractivity contribution < 1.29 is 9.84 Å². The van der Waals surface area contributed by atoms with Crippen LogP contribution in [0.4, 0.5) is 0 Å². The molecule has 2 saturated carbocycles. The van der Waals surface area contributed by atoms with Crippen LogP contribution in [0, 0.1) is 17.3 Å². The number of hydrogen-bond donors (Lipinski definition) is 1. The third-order valence-electron chi connectivity index (χ3n) is 8.02. The Bertz CT molecular complexity index is 948. The van der Waals surface area contributed by atoms with E-state index in [9.17, 15) is 5.11 Å². The minimum Gasteiger partial charge on any atom is -0.497 e. The zero-order valence-corrected chi connectivity index (χ0v) is 18.0. The molecule has 29 heavy (non-hydrogen) atoms. The topological polar surface area (TPSA) is 29.5 Å². The number of methoxy groups -OCH3 is 1. The summed E-state index contributed by atoms with van der Waals surface area (Å²) < 4.78 is 5.44. The average molecular weight is 409 g/mol. The van der Waals surface area contributed by atoms with E-state index < -0.39 is 0 Å². The third-order valence-corrected chi connectivity index (χ3v) is 8.28. The maximum Gasteiger partial charge on any atom is 0.119 e. The second-order valence-electron chi connectivity index (χ2n) is 9.40. The van der Waals surface area contributed by atoms with Gasteiger partial charge in [0.25, 0.3) is 0 Å². The molecule has 1 N–H and O–H groups in total. The summed E-state index contributed by atoms with van der Waals surface area (Å²) in [6.45, 7) is 2.32. The first-order valence-electron chi connectivity index (χ1n) is 10.8. The first-order valence-corrected chi connectivity index (χ1v) is 11.2. The zero-order chi connectivity index (χ0) is 20.2. The van der Waals surface area contributed by atoms with E-state index in [4.69, 9.17) is 16.3 Å². The number of aryl methyl sites for hydroxylation is 1. The Morgan fingerprint density at radius 1 is 1.14 bits per heavy atom. The van der Waals surface area contributed by atoms with Crippen LogP contribution >= 0.6 is 11.6 Å². The Morgan fingerprint density at radius 3 is 2.69 bits per heavy atom. The molecule has 0 bridgehead atoms. The lowest BCUT2D eigenvalue weighted by molar-refractivity contribution is -0.0158. The highest BCUT2D eigenvalue weighted by atomic mass is 35.5. The number of benzene rings is 2. The molecule has 5 rings (SSSR count). The van der Waals surface area contributed by atoms with Crippen LogP contribution in [0.5, 0.6) is 5.75 Å². The second-order valence-corrected chi connectivity index (χ2v) is 9.84. The Hall–Kier alpha value is -1.77. The molecule has 3 aliphatic rings. The molecule has 0 spiro atoms. The van der Waals surface area contributed by atoms with E-state index in [1.54, 1.807) is 7.11 Å². The number of aliphatic hydroxyl groups is 1. The van der Waals surface area contributed by atoms with Gasteiger partial charge >= 0.3 is 0 Å². The minimum absolute atomic E-state index is 0.0105. The Morgan fingerprint density at radius 2 is 1.93 bits per heavy atom. The van der Waals surface area contributed by atoms with Gasteiger partial charge in [-0.3, -0.25) is 0 Å². The number of aliphatic hydroxyl groups excluding tert-OH is 1. The monoisotopic (exact) mass is 408 g/mol. The summed E-state index contributed by atoms with van der Waals surface area (Å²) in [4.78, 5) is 0. The fourth-order valence-corrected chi connectivity index (χ4v) is 6.58. The lowest BCUT2D eigenvalue weighted by atomic mass is 9.55. The molecule has 2 aromatic rings. The first-order chi connectivity index (χ1) is 14.0. The molecule has 2 fully saturated rings. The molecule has 2 nitrogen and oxygen atoms in total. The highest BCUT2D eigenvalue weighted by molar-refractivity contribution is 6.30. The van der Waals surface area contributed by atoms with Crippen molar-refractivity contribution in [3.8, 4) is 5.75 Å². The van der Waals surface area contributed by atoms with Crippen molar-refractivity contribution in [3.05, 3.63) is 69.8 Å². The molecule has 3 heteroatoms. The van der Waals surface area contributed by atoms with Gasteiger partial charge in [0.2, 0.25) is 0 Å². The predicted octanol–water partition coefficient (Wildman–Crippen LogP) is 6.26. The van der Waals surface area contributed by atoms with Gasteiger partial charge in [0, 0.05) is 10.4 Å². The molecule has 0 heterocycles. The molecule has 152 valence electrons. The normalized spacial score (nSPS) is 34.4. The van der Waals surface area contributed by atoms with E-state index >= 15 is 0 Å². The number of hydrogen-bond acceptors (Lipinski definition) is 2. The fraction of sp³-hybridized carbons (Fsp3) is 0.462. The van der Waals surface area contributed by atoms with Crippen LogP contribution in [-0.2, 0) is 6.42 Å². The third kappa shape index (κ3) is 3.12. The maximum atomic E-state index is 11.3. The van der Waals surface area contributed by atoms with Crippen molar-refractivity contribution in [3.63, 3.8) is 0 Å². The van der Waals surface area contributed by atoms with Gasteiger partial charge in [0.15, 0.2) is 0 Å². The molecular weight excluding hydrogens is 380 g/mol. The second kappa shape index (κ2) is 7.18. The maximum absolute atomic E-state index is 11.3. The number of ether oxygens (including phenoxy) is 1. The van der Waals surface area contributed by atoms with Gasteiger partial charge < -0.3 is 9.84 Å². The lowest BCUT2D eigenvalue weighted by Gasteiger charge is -2.49. The molecule has 2 aromatic carbocycles. The van der Waals surface area contributed by atoms with Crippen molar-refractivity contribution >= 4 is 17.7 Å². The van der Waals surface area contributed by atoms with E-state index in [-0.39, 0.29) is 11.5 Å². The SMILES string of the molecule is COc1ccc2c(c1)CC[C@H]1[C@H]2CC[C@]2(C)[C@@H](O)/C(=C/c3ccc(Cl)cc3)C[C@@H]12. The van der Waals surface area contributed by atoms with Crippen LogP contribution in [0.25, 0.3) is 6.08 Å². The van der Waals surface area contributed by atoms with Crippen LogP contribution in [0.15, 0.2) is 48.0 Å². The molecule has 0 unspecified atom stereocenters. The summed E-state index contributed by atoms with van der Waals surface area (Å²) in [5.41, 5.74) is 5.30. The van der Waals surface area contributed by atoms with Crippen LogP contribution in [0.2, 0.25) is 5.02 Å². The Balaban J connectivity index is 1.46. The molecule has 0 radical (unpaired) electrons. The molecule has 0 amide bonds. The molecule has 0 aromatic heterocycles. The van der Waals surface area contributed by atoms with Crippen LogP contribution in [0.3, 0.4) is 0 Å². The van der Waals surface area contributed by atoms with Gasteiger partial charge in [-0.25, -0.2) is 0 Å². The summed E-state index contributed by atoms with van der Waals surface area (Å²) in [6.07, 6.45) is 7.44. The van der Waals surface area contributed by atoms with E-state index in [1.165, 1.54) is 29.5 Å². The minimum atomic E-state index is -0.346. The van der Waals surface area contributed by atoms with Crippen molar-refractivity contribution in [2.75, 3.05) is 7.11 Å². The summed E-state index contributed by atoms with van der Waals surface area (Å²) in [6, 6.07) is 14.6. The summed E-state index contributed by atoms with van der Waals surface area (Å²) in [7, 11) is 1.74. The quantitative estimate of drug-likeness (QED) is 0.635. The van der Waals surface area contributed by atoms with Crippen molar-refractivity contribution in [2.45, 2.75) is 51.0 Å². The van der Waals surface area contributed by atoms with Gasteiger partial charge in [0.05, 0.1) is 13.2 Å². The van der Waals surface area contributed by atoms with Crippen molar-refractivity contribution in [2.24, 2.45) is 17.3 Å². The van der Waals surface area contributed by atoms with E-state index in [0.29, 0.717) is 17.8 Å². The molecule has 0 aliphatic heterocycles. The van der Waals surface area contributed by atoms with Gasteiger partial charge in [-0.1, -0.05) is 42.8 Å². The summed E-state index contributed by atoms with van der Waals surface area (Å²) >= 11 is 6.04. The Labute approximate surface area is 178 Å². The molecular formula is C26H29ClO2. The van der Waals surface area contributed by atoms with Crippen LogP contribution in [0.1, 0.15) is 55.2 Å². The van der Waals surface area contributed by atoms with Crippen LogP contribution in [-0.4, -0.2) is 18.3 Å². The largest absolute Gasteiger partial charge is 0.497 e. The fourth-order valence-electron chi connectivity index (χ4n) is 6.46. The van der Waals surface area contributed by atoms with Gasteiger partial charge in [-0.2, -0.15) is 0 Å². The highest BCUT2D eigenvalue weighted by Crippen LogP contribution is 2.62. The van der Waals surface area contributed by atoms with Gasteiger partial charge in [-0.15, -0.1) is 0 Å². The zero-order valence-electron chi connectivity index (χ0n) is 17.2. The summed E-state index contributed by atoms with van der Waals surface area (Å²) in [5, 5.41) is 12.1. The van der Waals surface area contributed by atoms with E-state index in [1.807, 2.05) is 24.3 Å². The standard InChI is InChI=1S/C26H29ClO2/c1-26-12-11-22-21-10-8-20(29-2)14-17(21)5-9-23(22)24(26)15-18(25(26)28)13-16-3-6-19(27)7-4-16/h3-4,6-8,10,13-14,22-25,28H,5,9,11-12,15H2,1-2H3/b18-13+/t22-,23-,24-,25-,26-/m0/s1. The number of halogens is 1. The summed E-state index contributed by atoms with van der Waals surface area (Å²) in [5.74, 6) is 2.78. The van der Waals surface area contributed by atoms with Crippen LogP contribution < -0.4 is 4.74 Å². The predicted molar refractivity (Wildman–Crippen MR) is 118 cm³/mol. The smallest absolute Gasteiger partial charge is 0.119 e. The molecule has 5 atom stereocenters. The molecule has 3 aliphatic carbocycles. The lowest BCUT2D eigenvalue weighted by Crippen LogP contribution is -2.44. The first kappa shape index (κ1) is 19.2. The number of rotatable bonds is 2.